The fourth-order valence-electron chi connectivity index (χ4n) is 3.83. The quantitative estimate of drug-likeness (QED) is 0.888. The topological polar surface area (TPSA) is 52.6 Å². The van der Waals surface area contributed by atoms with E-state index in [-0.39, 0.29) is 11.6 Å². The molecule has 0 aliphatic carbocycles. The van der Waals surface area contributed by atoms with Gasteiger partial charge in [-0.1, -0.05) is 30.3 Å². The van der Waals surface area contributed by atoms with E-state index in [9.17, 15) is 9.90 Å². The fourth-order valence-corrected chi connectivity index (χ4v) is 3.83. The average Bonchev–Trinajstić information content (AvgIpc) is 2.76. The molecule has 2 N–H and O–H groups in total. The molecule has 2 bridgehead atoms. The van der Waals surface area contributed by atoms with Gasteiger partial charge < -0.3 is 15.3 Å². The van der Waals surface area contributed by atoms with Crippen molar-refractivity contribution >= 4 is 5.91 Å². The summed E-state index contributed by atoms with van der Waals surface area (Å²) in [5.74, 6) is -0.727. The molecule has 2 unspecified atom stereocenters. The Balaban J connectivity index is 1.71. The van der Waals surface area contributed by atoms with Crippen LogP contribution in [0.3, 0.4) is 0 Å². The highest BCUT2D eigenvalue weighted by Gasteiger charge is 2.44. The third kappa shape index (κ3) is 2.63. The van der Waals surface area contributed by atoms with Crippen LogP contribution in [0, 0.1) is 0 Å². The molecule has 0 radical (unpaired) electrons. The van der Waals surface area contributed by atoms with Crippen molar-refractivity contribution in [1.29, 1.82) is 0 Å². The van der Waals surface area contributed by atoms with Crippen LogP contribution in [-0.2, 0) is 10.5 Å². The Morgan fingerprint density at radius 1 is 1.32 bits per heavy atom. The predicted octanol–water partition coefficient (Wildman–Crippen LogP) is 1.59. The van der Waals surface area contributed by atoms with Gasteiger partial charge in [-0.15, -0.1) is 0 Å². The van der Waals surface area contributed by atoms with E-state index < -0.39 is 18.2 Å². The third-order valence-corrected chi connectivity index (χ3v) is 5.24. The maximum absolute atomic E-state index is 15.0. The molecular weight excluding hydrogens is 283 g/mol. The van der Waals surface area contributed by atoms with Crippen LogP contribution in [0.15, 0.2) is 30.3 Å². The van der Waals surface area contributed by atoms with Crippen LogP contribution in [0.5, 0.6) is 0 Å². The van der Waals surface area contributed by atoms with Gasteiger partial charge in [-0.25, -0.2) is 4.39 Å². The molecule has 3 rings (SSSR count). The zero-order valence-electron chi connectivity index (χ0n) is 12.8. The molecule has 5 heteroatoms. The van der Waals surface area contributed by atoms with Gasteiger partial charge in [0.15, 0.2) is 0 Å². The van der Waals surface area contributed by atoms with Crippen molar-refractivity contribution in [2.24, 2.45) is 0 Å². The monoisotopic (exact) mass is 306 g/mol. The number of nitrogens with zero attached hydrogens (tertiary/aromatic N) is 1. The van der Waals surface area contributed by atoms with E-state index in [2.05, 4.69) is 17.3 Å². The number of aliphatic hydroxyl groups excluding tert-OH is 1. The summed E-state index contributed by atoms with van der Waals surface area (Å²) < 4.78 is 15.0. The summed E-state index contributed by atoms with van der Waals surface area (Å²) >= 11 is 0. The molecule has 22 heavy (non-hydrogen) atoms. The van der Waals surface area contributed by atoms with Crippen LogP contribution >= 0.6 is 0 Å². The molecule has 1 aromatic carbocycles. The van der Waals surface area contributed by atoms with Crippen LogP contribution in [0.1, 0.15) is 31.2 Å². The molecule has 2 saturated heterocycles. The molecule has 0 spiro atoms. The van der Waals surface area contributed by atoms with Crippen molar-refractivity contribution < 1.29 is 14.3 Å². The van der Waals surface area contributed by atoms with Gasteiger partial charge in [0, 0.05) is 23.7 Å². The van der Waals surface area contributed by atoms with Crippen molar-refractivity contribution in [2.45, 2.75) is 49.5 Å². The Hall–Kier alpha value is -1.46. The maximum atomic E-state index is 15.0. The van der Waals surface area contributed by atoms with Crippen molar-refractivity contribution in [1.82, 2.24) is 10.2 Å². The minimum Gasteiger partial charge on any atom is -0.392 e. The molecule has 1 amide bonds. The summed E-state index contributed by atoms with van der Waals surface area (Å²) in [5.41, 5.74) is -2.17. The fraction of sp³-hybridized carbons (Fsp3) is 0.588. The molecule has 4 atom stereocenters. The Morgan fingerprint density at radius 2 is 1.91 bits per heavy atom. The number of benzene rings is 1. The number of fused-ring (bicyclic) bond motifs is 2. The van der Waals surface area contributed by atoms with Crippen LogP contribution in [0.4, 0.5) is 4.39 Å². The summed E-state index contributed by atoms with van der Waals surface area (Å²) in [6, 6.07) is 9.11. The smallest absolute Gasteiger partial charge is 0.265 e. The number of aliphatic hydroxyl groups is 1. The van der Waals surface area contributed by atoms with E-state index in [1.807, 2.05) is 0 Å². The maximum Gasteiger partial charge on any atom is 0.265 e. The summed E-state index contributed by atoms with van der Waals surface area (Å²) in [7, 11) is 2.12. The van der Waals surface area contributed by atoms with Gasteiger partial charge in [0.1, 0.15) is 0 Å². The van der Waals surface area contributed by atoms with Gasteiger partial charge in [-0.2, -0.15) is 0 Å². The second-order valence-corrected chi connectivity index (χ2v) is 6.52. The van der Waals surface area contributed by atoms with E-state index >= 15 is 4.39 Å². The number of piperidine rings is 1. The lowest BCUT2D eigenvalue weighted by Crippen LogP contribution is -2.53. The van der Waals surface area contributed by atoms with Gasteiger partial charge in [0.2, 0.25) is 5.67 Å². The lowest BCUT2D eigenvalue weighted by atomic mass is 9.93. The third-order valence-electron chi connectivity index (χ3n) is 5.24. The number of carbonyl (C=O) groups is 1. The zero-order valence-corrected chi connectivity index (χ0v) is 12.8. The Kier molecular flexibility index (Phi) is 4.19. The summed E-state index contributed by atoms with van der Waals surface area (Å²) in [6.07, 6.45) is 4.00. The Labute approximate surface area is 130 Å². The highest BCUT2D eigenvalue weighted by Crippen LogP contribution is 2.35. The zero-order chi connectivity index (χ0) is 15.7. The van der Waals surface area contributed by atoms with Crippen LogP contribution < -0.4 is 5.32 Å². The normalized spacial score (nSPS) is 30.8. The lowest BCUT2D eigenvalue weighted by Gasteiger charge is -2.37. The molecule has 120 valence electrons. The molecule has 0 aromatic heterocycles. The van der Waals surface area contributed by atoms with Gasteiger partial charge in [0.25, 0.3) is 5.91 Å². The van der Waals surface area contributed by atoms with E-state index in [1.54, 1.807) is 18.2 Å². The van der Waals surface area contributed by atoms with E-state index in [0.29, 0.717) is 12.1 Å². The molecule has 2 fully saturated rings. The van der Waals surface area contributed by atoms with Crippen molar-refractivity contribution in [2.75, 3.05) is 13.7 Å². The van der Waals surface area contributed by atoms with Gasteiger partial charge in [-0.3, -0.25) is 4.79 Å². The van der Waals surface area contributed by atoms with Crippen LogP contribution in [0.25, 0.3) is 0 Å². The highest BCUT2D eigenvalue weighted by atomic mass is 19.1. The van der Waals surface area contributed by atoms with Crippen LogP contribution in [-0.4, -0.2) is 47.7 Å². The van der Waals surface area contributed by atoms with Crippen molar-refractivity contribution in [3.05, 3.63) is 35.9 Å². The lowest BCUT2D eigenvalue weighted by molar-refractivity contribution is -0.137. The van der Waals surface area contributed by atoms with E-state index in [1.165, 1.54) is 12.1 Å². The van der Waals surface area contributed by atoms with Crippen molar-refractivity contribution in [3.63, 3.8) is 0 Å². The average molecular weight is 306 g/mol. The molecular formula is C17H23FN2O2. The molecule has 4 nitrogen and oxygen atoms in total. The minimum absolute atomic E-state index is 0.00779. The number of halogens is 1. The second-order valence-electron chi connectivity index (χ2n) is 6.52. The first-order valence-corrected chi connectivity index (χ1v) is 7.93. The Morgan fingerprint density at radius 3 is 2.45 bits per heavy atom. The first-order chi connectivity index (χ1) is 10.5. The van der Waals surface area contributed by atoms with Gasteiger partial charge in [-0.05, 0) is 32.7 Å². The van der Waals surface area contributed by atoms with E-state index in [0.717, 1.165) is 25.7 Å². The molecule has 0 saturated carbocycles. The number of amides is 1. The molecule has 2 aliphatic heterocycles. The molecule has 1 aromatic rings. The second kappa shape index (κ2) is 5.97. The number of carbonyl (C=O) groups excluding carboxylic acids is 1. The van der Waals surface area contributed by atoms with Gasteiger partial charge in [0.05, 0.1) is 6.61 Å². The summed E-state index contributed by atoms with van der Waals surface area (Å²) in [5, 5.41) is 12.3. The number of alkyl halides is 1. The largest absolute Gasteiger partial charge is 0.392 e. The number of nitrogens with one attached hydrogen (secondary N) is 1. The van der Waals surface area contributed by atoms with Gasteiger partial charge >= 0.3 is 0 Å². The number of hydrogen-bond acceptors (Lipinski definition) is 3. The summed E-state index contributed by atoms with van der Waals surface area (Å²) in [4.78, 5) is 14.8. The number of hydrogen-bond donors (Lipinski definition) is 2. The number of rotatable bonds is 4. The highest BCUT2D eigenvalue weighted by molar-refractivity contribution is 5.86. The first kappa shape index (κ1) is 15.4. The minimum atomic E-state index is -2.37. The SMILES string of the molecule is CN1[C@@H]2CC[C@H]1CC(NC(=O)C(F)(CO)c1ccccc1)C2. The van der Waals surface area contributed by atoms with E-state index in [4.69, 9.17) is 0 Å². The molecule has 2 heterocycles. The van der Waals surface area contributed by atoms with Crippen molar-refractivity contribution in [3.8, 4) is 0 Å². The molecule has 2 aliphatic rings. The predicted molar refractivity (Wildman–Crippen MR) is 82.1 cm³/mol. The first-order valence-electron chi connectivity index (χ1n) is 7.93. The Bertz CT molecular complexity index is 525. The summed E-state index contributed by atoms with van der Waals surface area (Å²) in [6.45, 7) is -0.845. The standard InChI is InChI=1S/C17H23FN2O2/c1-20-14-7-8-15(20)10-13(9-14)19-16(22)17(18,11-21)12-5-3-2-4-6-12/h2-6,13-15,21H,7-11H2,1H3,(H,19,22)/t13?,14-,15+,17?. The van der Waals surface area contributed by atoms with Crippen LogP contribution in [0.2, 0.25) is 0 Å².